The van der Waals surface area contributed by atoms with E-state index in [2.05, 4.69) is 13.2 Å². The Labute approximate surface area is 98.6 Å². The Morgan fingerprint density at radius 2 is 1.94 bits per heavy atom. The molecule has 1 fully saturated rings. The standard InChI is InChI=1S/C11H22BN3O/c1-8(14-9(2)16)7-15(13)11-5-3-10(12)4-6-11/h7,10-11H,3-6,12-13H2,1-2H3,(H,14,16)/b8-7+. The highest BCUT2D eigenvalue weighted by molar-refractivity contribution is 6.11. The molecule has 90 valence electrons. The Balaban J connectivity index is 2.44. The minimum atomic E-state index is -0.0561. The summed E-state index contributed by atoms with van der Waals surface area (Å²) in [5, 5.41) is 4.47. The largest absolute Gasteiger partial charge is 0.329 e. The van der Waals surface area contributed by atoms with Crippen LogP contribution in [0.3, 0.4) is 0 Å². The van der Waals surface area contributed by atoms with E-state index in [1.165, 1.54) is 19.8 Å². The number of rotatable bonds is 3. The molecule has 0 aromatic rings. The summed E-state index contributed by atoms with van der Waals surface area (Å²) >= 11 is 0. The van der Waals surface area contributed by atoms with Crippen LogP contribution in [0.5, 0.6) is 0 Å². The molecule has 0 aromatic heterocycles. The molecule has 1 aliphatic carbocycles. The summed E-state index contributed by atoms with van der Waals surface area (Å²) < 4.78 is 0. The minimum absolute atomic E-state index is 0.0561. The van der Waals surface area contributed by atoms with Gasteiger partial charge in [0.1, 0.15) is 7.85 Å². The van der Waals surface area contributed by atoms with E-state index in [1.54, 1.807) is 5.01 Å². The van der Waals surface area contributed by atoms with Gasteiger partial charge in [-0.25, -0.2) is 5.84 Å². The van der Waals surface area contributed by atoms with Crippen molar-refractivity contribution in [3.8, 4) is 0 Å². The predicted molar refractivity (Wildman–Crippen MR) is 68.2 cm³/mol. The van der Waals surface area contributed by atoms with Gasteiger partial charge in [0.05, 0.1) is 0 Å². The van der Waals surface area contributed by atoms with Crippen LogP contribution < -0.4 is 11.2 Å². The summed E-state index contributed by atoms with van der Waals surface area (Å²) in [6.07, 6.45) is 6.59. The molecular weight excluding hydrogens is 201 g/mol. The first-order chi connectivity index (χ1) is 7.49. The summed E-state index contributed by atoms with van der Waals surface area (Å²) in [6, 6.07) is 0.417. The number of carbonyl (C=O) groups is 1. The van der Waals surface area contributed by atoms with E-state index in [4.69, 9.17) is 5.84 Å². The van der Waals surface area contributed by atoms with Gasteiger partial charge in [-0.2, -0.15) is 0 Å². The lowest BCUT2D eigenvalue weighted by atomic mass is 9.74. The highest BCUT2D eigenvalue weighted by Crippen LogP contribution is 2.28. The van der Waals surface area contributed by atoms with Crippen LogP contribution in [0.25, 0.3) is 0 Å². The molecule has 16 heavy (non-hydrogen) atoms. The van der Waals surface area contributed by atoms with Crippen molar-refractivity contribution in [3.63, 3.8) is 0 Å². The average Bonchev–Trinajstić information content (AvgIpc) is 2.16. The number of nitrogens with zero attached hydrogens (tertiary/aromatic N) is 1. The summed E-state index contributed by atoms with van der Waals surface area (Å²) in [4.78, 5) is 10.8. The maximum atomic E-state index is 10.8. The maximum Gasteiger partial charge on any atom is 0.221 e. The van der Waals surface area contributed by atoms with Gasteiger partial charge in [-0.15, -0.1) is 0 Å². The molecule has 0 radical (unpaired) electrons. The van der Waals surface area contributed by atoms with Gasteiger partial charge in [0, 0.05) is 24.9 Å². The van der Waals surface area contributed by atoms with Crippen molar-refractivity contribution in [1.82, 2.24) is 10.3 Å². The first-order valence-corrected chi connectivity index (χ1v) is 5.98. The maximum absolute atomic E-state index is 10.8. The quantitative estimate of drug-likeness (QED) is 0.416. The molecule has 0 spiro atoms. The number of hydrazine groups is 1. The Hall–Kier alpha value is -0.965. The van der Waals surface area contributed by atoms with Gasteiger partial charge in [-0.1, -0.05) is 18.7 Å². The molecule has 4 nitrogen and oxygen atoms in total. The van der Waals surface area contributed by atoms with Gasteiger partial charge in [0.25, 0.3) is 0 Å². The number of hydrogen-bond donors (Lipinski definition) is 2. The highest BCUT2D eigenvalue weighted by atomic mass is 16.1. The van der Waals surface area contributed by atoms with E-state index in [-0.39, 0.29) is 5.91 Å². The van der Waals surface area contributed by atoms with Crippen molar-refractivity contribution in [1.29, 1.82) is 0 Å². The van der Waals surface area contributed by atoms with Crippen LogP contribution in [0.4, 0.5) is 0 Å². The van der Waals surface area contributed by atoms with Gasteiger partial charge < -0.3 is 10.3 Å². The van der Waals surface area contributed by atoms with E-state index in [0.29, 0.717) is 6.04 Å². The number of allylic oxidation sites excluding steroid dienone is 1. The van der Waals surface area contributed by atoms with Crippen LogP contribution in [0.15, 0.2) is 11.9 Å². The van der Waals surface area contributed by atoms with Gasteiger partial charge in [0.2, 0.25) is 5.91 Å². The van der Waals surface area contributed by atoms with E-state index in [9.17, 15) is 4.79 Å². The minimum Gasteiger partial charge on any atom is -0.329 e. The second kappa shape index (κ2) is 5.94. The Bertz CT molecular complexity index is 272. The second-order valence-electron chi connectivity index (χ2n) is 4.85. The van der Waals surface area contributed by atoms with Crippen molar-refractivity contribution in [2.45, 2.75) is 51.4 Å². The topological polar surface area (TPSA) is 58.4 Å². The zero-order valence-corrected chi connectivity index (χ0v) is 10.5. The Morgan fingerprint density at radius 3 is 2.44 bits per heavy atom. The highest BCUT2D eigenvalue weighted by Gasteiger charge is 2.20. The van der Waals surface area contributed by atoms with Crippen LogP contribution >= 0.6 is 0 Å². The van der Waals surface area contributed by atoms with E-state index in [1.807, 2.05) is 13.1 Å². The van der Waals surface area contributed by atoms with Crippen molar-refractivity contribution in [3.05, 3.63) is 11.9 Å². The lowest BCUT2D eigenvalue weighted by Gasteiger charge is -2.32. The number of nitrogens with two attached hydrogens (primary N) is 1. The van der Waals surface area contributed by atoms with E-state index < -0.39 is 0 Å². The van der Waals surface area contributed by atoms with Crippen molar-refractivity contribution < 1.29 is 4.79 Å². The zero-order valence-electron chi connectivity index (χ0n) is 10.5. The first kappa shape index (κ1) is 13.1. The third kappa shape index (κ3) is 4.27. The van der Waals surface area contributed by atoms with Gasteiger partial charge in [0.15, 0.2) is 0 Å². The van der Waals surface area contributed by atoms with E-state index in [0.717, 1.165) is 24.4 Å². The molecular formula is C11H22BN3O. The fourth-order valence-electron chi connectivity index (χ4n) is 2.18. The monoisotopic (exact) mass is 223 g/mol. The number of hydrogen-bond acceptors (Lipinski definition) is 3. The molecule has 0 bridgehead atoms. The molecule has 5 heteroatoms. The van der Waals surface area contributed by atoms with Crippen molar-refractivity contribution in [2.24, 2.45) is 5.84 Å². The van der Waals surface area contributed by atoms with Crippen LogP contribution in [0.2, 0.25) is 5.82 Å². The molecule has 1 amide bonds. The number of carbonyl (C=O) groups excluding carboxylic acids is 1. The molecule has 0 aliphatic heterocycles. The first-order valence-electron chi connectivity index (χ1n) is 5.98. The average molecular weight is 223 g/mol. The molecule has 1 aliphatic rings. The third-order valence-corrected chi connectivity index (χ3v) is 3.12. The SMILES string of the molecule is BC1CCC(N(N)/C=C(\C)NC(C)=O)CC1. The normalized spacial score (nSPS) is 26.3. The molecule has 1 saturated carbocycles. The van der Waals surface area contributed by atoms with Crippen LogP contribution in [-0.4, -0.2) is 24.8 Å². The molecule has 0 heterocycles. The molecule has 0 saturated heterocycles. The van der Waals surface area contributed by atoms with Crippen LogP contribution in [0, 0.1) is 0 Å². The Morgan fingerprint density at radius 1 is 1.38 bits per heavy atom. The summed E-state index contributed by atoms with van der Waals surface area (Å²) in [5.74, 6) is 6.74. The van der Waals surface area contributed by atoms with Crippen molar-refractivity contribution >= 4 is 13.8 Å². The smallest absolute Gasteiger partial charge is 0.221 e. The summed E-state index contributed by atoms with van der Waals surface area (Å²) in [7, 11) is 2.29. The third-order valence-electron chi connectivity index (χ3n) is 3.12. The van der Waals surface area contributed by atoms with Crippen molar-refractivity contribution in [2.75, 3.05) is 0 Å². The second-order valence-corrected chi connectivity index (χ2v) is 4.85. The molecule has 3 N–H and O–H groups in total. The molecule has 1 rings (SSSR count). The molecule has 0 atom stereocenters. The fraction of sp³-hybridized carbons (Fsp3) is 0.727. The molecule has 0 unspecified atom stereocenters. The number of amides is 1. The lowest BCUT2D eigenvalue weighted by molar-refractivity contribution is -0.118. The van der Waals surface area contributed by atoms with Gasteiger partial charge in [-0.3, -0.25) is 4.79 Å². The summed E-state index contributed by atoms with van der Waals surface area (Å²) in [6.45, 7) is 3.35. The van der Waals surface area contributed by atoms with Gasteiger partial charge >= 0.3 is 0 Å². The molecule has 0 aromatic carbocycles. The predicted octanol–water partition coefficient (Wildman–Crippen LogP) is 0.524. The zero-order chi connectivity index (χ0) is 12.1. The van der Waals surface area contributed by atoms with Crippen LogP contribution in [-0.2, 0) is 4.79 Å². The fourth-order valence-corrected chi connectivity index (χ4v) is 2.18. The van der Waals surface area contributed by atoms with E-state index >= 15 is 0 Å². The van der Waals surface area contributed by atoms with Gasteiger partial charge in [-0.05, 0) is 19.8 Å². The number of nitrogens with one attached hydrogen (secondary N) is 1. The van der Waals surface area contributed by atoms with Crippen LogP contribution in [0.1, 0.15) is 39.5 Å². The lowest BCUT2D eigenvalue weighted by Crippen LogP contribution is -2.39. The Kier molecular flexibility index (Phi) is 4.86. The summed E-state index contributed by atoms with van der Waals surface area (Å²) in [5.41, 5.74) is 0.800.